The van der Waals surface area contributed by atoms with Crippen LogP contribution in [-0.4, -0.2) is 42.1 Å². The third kappa shape index (κ3) is 3.02. The highest BCUT2D eigenvalue weighted by Gasteiger charge is 2.34. The van der Waals surface area contributed by atoms with Crippen LogP contribution in [0.25, 0.3) is 0 Å². The molecular formula is C20H22N2O2. The first-order valence-corrected chi connectivity index (χ1v) is 8.59. The highest BCUT2D eigenvalue weighted by molar-refractivity contribution is 5.68. The Labute approximate surface area is 142 Å². The molecule has 0 spiro atoms. The summed E-state index contributed by atoms with van der Waals surface area (Å²) in [5.41, 5.74) is 3.80. The fourth-order valence-corrected chi connectivity index (χ4v) is 3.71. The molecule has 4 heteroatoms. The van der Waals surface area contributed by atoms with Gasteiger partial charge in [0, 0.05) is 26.2 Å². The molecule has 0 bridgehead atoms. The smallest absolute Gasteiger partial charge is 0.410 e. The Hall–Kier alpha value is -2.33. The number of hydrogen-bond acceptors (Lipinski definition) is 3. The predicted octanol–water partition coefficient (Wildman–Crippen LogP) is 3.24. The monoisotopic (exact) mass is 322 g/mol. The highest BCUT2D eigenvalue weighted by Crippen LogP contribution is 2.32. The van der Waals surface area contributed by atoms with Crippen molar-refractivity contribution in [2.45, 2.75) is 19.1 Å². The van der Waals surface area contributed by atoms with Crippen LogP contribution in [0, 0.1) is 0 Å². The first kappa shape index (κ1) is 15.2. The van der Waals surface area contributed by atoms with E-state index in [4.69, 9.17) is 4.74 Å². The summed E-state index contributed by atoms with van der Waals surface area (Å²) < 4.78 is 5.50. The number of carbonyl (C=O) groups is 1. The van der Waals surface area contributed by atoms with Gasteiger partial charge in [0.1, 0.15) is 6.61 Å². The lowest BCUT2D eigenvalue weighted by Gasteiger charge is -2.44. The van der Waals surface area contributed by atoms with Gasteiger partial charge in [0.2, 0.25) is 0 Å². The van der Waals surface area contributed by atoms with Gasteiger partial charge < -0.3 is 9.64 Å². The number of hydrogen-bond donors (Lipinski definition) is 0. The number of nitrogens with zero attached hydrogens (tertiary/aromatic N) is 2. The Kier molecular flexibility index (Phi) is 4.22. The quantitative estimate of drug-likeness (QED) is 0.851. The number of ether oxygens (including phenoxy) is 1. The zero-order valence-corrected chi connectivity index (χ0v) is 13.7. The molecule has 24 heavy (non-hydrogen) atoms. The van der Waals surface area contributed by atoms with E-state index in [2.05, 4.69) is 29.2 Å². The van der Waals surface area contributed by atoms with Gasteiger partial charge >= 0.3 is 6.09 Å². The van der Waals surface area contributed by atoms with Crippen LogP contribution in [0.5, 0.6) is 0 Å². The van der Waals surface area contributed by atoms with Crippen molar-refractivity contribution in [3.05, 3.63) is 71.3 Å². The topological polar surface area (TPSA) is 32.8 Å². The summed E-state index contributed by atoms with van der Waals surface area (Å²) in [6.07, 6.45) is 0.895. The molecule has 2 aromatic carbocycles. The van der Waals surface area contributed by atoms with Gasteiger partial charge in [0.15, 0.2) is 0 Å². The van der Waals surface area contributed by atoms with Gasteiger partial charge in [-0.3, -0.25) is 4.90 Å². The number of piperazine rings is 1. The molecule has 2 aliphatic heterocycles. The van der Waals surface area contributed by atoms with Gasteiger partial charge in [0.05, 0.1) is 6.04 Å². The molecule has 1 atom stereocenters. The van der Waals surface area contributed by atoms with Crippen molar-refractivity contribution in [2.75, 3.05) is 26.2 Å². The van der Waals surface area contributed by atoms with Crippen molar-refractivity contribution < 1.29 is 9.53 Å². The molecule has 4 nitrogen and oxygen atoms in total. The second-order valence-corrected chi connectivity index (χ2v) is 6.49. The van der Waals surface area contributed by atoms with Gasteiger partial charge in [-0.1, -0.05) is 54.6 Å². The minimum absolute atomic E-state index is 0.207. The SMILES string of the molecule is O=C(OCc1ccccc1)N1CCN2CCc3ccccc3C2C1. The van der Waals surface area contributed by atoms with E-state index >= 15 is 0 Å². The van der Waals surface area contributed by atoms with E-state index in [0.29, 0.717) is 19.2 Å². The molecule has 1 unspecified atom stereocenters. The summed E-state index contributed by atoms with van der Waals surface area (Å²) in [6, 6.07) is 18.7. The van der Waals surface area contributed by atoms with Gasteiger partial charge in [-0.25, -0.2) is 4.79 Å². The van der Waals surface area contributed by atoms with E-state index in [1.54, 1.807) is 0 Å². The first-order valence-electron chi connectivity index (χ1n) is 8.59. The van der Waals surface area contributed by atoms with Gasteiger partial charge in [-0.2, -0.15) is 0 Å². The Balaban J connectivity index is 1.42. The number of amides is 1. The largest absolute Gasteiger partial charge is 0.445 e. The summed E-state index contributed by atoms with van der Waals surface area (Å²) >= 11 is 0. The Morgan fingerprint density at radius 2 is 1.79 bits per heavy atom. The summed E-state index contributed by atoms with van der Waals surface area (Å²) in [5.74, 6) is 0. The van der Waals surface area contributed by atoms with Crippen LogP contribution in [0.3, 0.4) is 0 Å². The van der Waals surface area contributed by atoms with E-state index in [9.17, 15) is 4.79 Å². The van der Waals surface area contributed by atoms with Crippen LogP contribution < -0.4 is 0 Å². The van der Waals surface area contributed by atoms with Crippen LogP contribution in [0.2, 0.25) is 0 Å². The lowest BCUT2D eigenvalue weighted by molar-refractivity contribution is 0.0432. The van der Waals surface area contributed by atoms with E-state index in [-0.39, 0.29) is 6.09 Å². The molecule has 1 amide bonds. The van der Waals surface area contributed by atoms with E-state index < -0.39 is 0 Å². The molecule has 1 saturated heterocycles. The Morgan fingerprint density at radius 1 is 1.00 bits per heavy atom. The number of fused-ring (bicyclic) bond motifs is 3. The summed E-state index contributed by atoms with van der Waals surface area (Å²) in [6.45, 7) is 3.78. The molecule has 0 saturated carbocycles. The molecular weight excluding hydrogens is 300 g/mol. The third-order valence-corrected chi connectivity index (χ3v) is 5.04. The molecule has 0 N–H and O–H groups in total. The molecule has 2 aliphatic rings. The van der Waals surface area contributed by atoms with Crippen molar-refractivity contribution in [3.8, 4) is 0 Å². The van der Waals surface area contributed by atoms with Gasteiger partial charge in [-0.15, -0.1) is 0 Å². The first-order chi connectivity index (χ1) is 11.8. The predicted molar refractivity (Wildman–Crippen MR) is 92.7 cm³/mol. The maximum Gasteiger partial charge on any atom is 0.410 e. The van der Waals surface area contributed by atoms with Crippen LogP contribution in [0.15, 0.2) is 54.6 Å². The van der Waals surface area contributed by atoms with E-state index in [1.165, 1.54) is 11.1 Å². The fraction of sp³-hybridized carbons (Fsp3) is 0.350. The Morgan fingerprint density at radius 3 is 2.67 bits per heavy atom. The minimum Gasteiger partial charge on any atom is -0.445 e. The molecule has 4 rings (SSSR count). The second-order valence-electron chi connectivity index (χ2n) is 6.49. The summed E-state index contributed by atoms with van der Waals surface area (Å²) in [5, 5.41) is 0. The van der Waals surface area contributed by atoms with Crippen LogP contribution >= 0.6 is 0 Å². The lowest BCUT2D eigenvalue weighted by Crippen LogP contribution is -2.52. The lowest BCUT2D eigenvalue weighted by atomic mass is 9.91. The molecule has 2 heterocycles. The summed E-state index contributed by atoms with van der Waals surface area (Å²) in [4.78, 5) is 16.8. The van der Waals surface area contributed by atoms with Crippen molar-refractivity contribution in [3.63, 3.8) is 0 Å². The summed E-state index contributed by atoms with van der Waals surface area (Å²) in [7, 11) is 0. The highest BCUT2D eigenvalue weighted by atomic mass is 16.6. The van der Waals surface area contributed by atoms with Crippen LogP contribution in [-0.2, 0) is 17.8 Å². The van der Waals surface area contributed by atoms with E-state index in [1.807, 2.05) is 35.2 Å². The van der Waals surface area contributed by atoms with Crippen LogP contribution in [0.1, 0.15) is 22.7 Å². The van der Waals surface area contributed by atoms with Gasteiger partial charge in [0.25, 0.3) is 0 Å². The molecule has 0 aromatic heterocycles. The maximum absolute atomic E-state index is 12.4. The van der Waals surface area contributed by atoms with Crippen molar-refractivity contribution in [2.24, 2.45) is 0 Å². The number of rotatable bonds is 2. The zero-order chi connectivity index (χ0) is 16.4. The second kappa shape index (κ2) is 6.65. The zero-order valence-electron chi connectivity index (χ0n) is 13.7. The molecule has 2 aromatic rings. The molecule has 124 valence electrons. The number of carbonyl (C=O) groups excluding carboxylic acids is 1. The van der Waals surface area contributed by atoms with Crippen molar-refractivity contribution in [1.29, 1.82) is 0 Å². The molecule has 1 fully saturated rings. The molecule has 0 radical (unpaired) electrons. The van der Waals surface area contributed by atoms with Gasteiger partial charge in [-0.05, 0) is 23.1 Å². The average Bonchev–Trinajstić information content (AvgIpc) is 2.66. The maximum atomic E-state index is 12.4. The standard InChI is InChI=1S/C20H22N2O2/c23-20(24-15-16-6-2-1-3-7-16)22-13-12-21-11-10-17-8-4-5-9-18(17)19(21)14-22/h1-9,19H,10-15H2. The fourth-order valence-electron chi connectivity index (χ4n) is 3.71. The average molecular weight is 322 g/mol. The number of benzene rings is 2. The van der Waals surface area contributed by atoms with Crippen LogP contribution in [0.4, 0.5) is 4.79 Å². The molecule has 0 aliphatic carbocycles. The minimum atomic E-state index is -0.207. The normalized spacial score (nSPS) is 20.2. The third-order valence-electron chi connectivity index (χ3n) is 5.04. The van der Waals surface area contributed by atoms with E-state index in [0.717, 1.165) is 31.6 Å². The van der Waals surface area contributed by atoms with Crippen molar-refractivity contribution >= 4 is 6.09 Å². The van der Waals surface area contributed by atoms with Crippen molar-refractivity contribution in [1.82, 2.24) is 9.80 Å². The Bertz CT molecular complexity index is 717.